The third-order valence-corrected chi connectivity index (χ3v) is 1.31. The van der Waals surface area contributed by atoms with E-state index in [0.29, 0.717) is 0 Å². The van der Waals surface area contributed by atoms with Crippen molar-refractivity contribution in [2.24, 2.45) is 0 Å². The van der Waals surface area contributed by atoms with Crippen molar-refractivity contribution in [3.63, 3.8) is 0 Å². The van der Waals surface area contributed by atoms with Crippen LogP contribution in [-0.2, 0) is 0 Å². The van der Waals surface area contributed by atoms with Crippen LogP contribution in [0.2, 0.25) is 6.55 Å². The Hall–Kier alpha value is -0.533. The predicted molar refractivity (Wildman–Crippen MR) is 66.1 cm³/mol. The van der Waals surface area contributed by atoms with E-state index in [1.807, 2.05) is 6.55 Å². The first-order chi connectivity index (χ1) is 6.41. The van der Waals surface area contributed by atoms with E-state index < -0.39 is 0 Å². The fourth-order valence-corrected chi connectivity index (χ4v) is 0.786. The summed E-state index contributed by atoms with van der Waals surface area (Å²) in [6.45, 7) is 2.03. The summed E-state index contributed by atoms with van der Waals surface area (Å²) in [5, 5.41) is 0. The van der Waals surface area contributed by atoms with Gasteiger partial charge in [0.2, 0.25) is 0 Å². The van der Waals surface area contributed by atoms with E-state index in [-0.39, 0.29) is 8.83 Å². The van der Waals surface area contributed by atoms with Crippen LogP contribution in [0.1, 0.15) is 12.8 Å². The lowest BCUT2D eigenvalue weighted by molar-refractivity contribution is 1.45. The van der Waals surface area contributed by atoms with E-state index in [1.165, 1.54) is 0 Å². The lowest BCUT2D eigenvalue weighted by Crippen LogP contribution is -1.45. The molecule has 2 heteroatoms. The molecule has 0 aliphatic heterocycles. The molecular weight excluding hydrogens is 196 g/mol. The van der Waals surface area contributed by atoms with Crippen LogP contribution in [-0.4, -0.2) is 8.83 Å². The Balaban J connectivity index is 0.000000174. The van der Waals surface area contributed by atoms with Crippen LogP contribution >= 0.6 is 11.1 Å². The summed E-state index contributed by atoms with van der Waals surface area (Å²) in [7, 11) is -0.111. The van der Waals surface area contributed by atoms with Gasteiger partial charge in [-0.3, -0.25) is 0 Å². The van der Waals surface area contributed by atoms with Crippen molar-refractivity contribution in [1.29, 1.82) is 0 Å². The first-order valence-electron chi connectivity index (χ1n) is 4.61. The standard InChI is InChI=1S/2C5H6.CH5ClSi/c2*1-2-4-5-3-1;1-3-2/h2*1-4H,5H2;3H2,1H3. The normalized spacial score (nSPS) is 15.8. The molecule has 2 aliphatic rings. The van der Waals surface area contributed by atoms with E-state index in [2.05, 4.69) is 48.6 Å². The molecule has 0 amide bonds. The van der Waals surface area contributed by atoms with E-state index in [1.54, 1.807) is 0 Å². The average Bonchev–Trinajstić information content (AvgIpc) is 2.85. The second-order valence-electron chi connectivity index (χ2n) is 2.45. The van der Waals surface area contributed by atoms with Crippen molar-refractivity contribution in [1.82, 2.24) is 0 Å². The van der Waals surface area contributed by atoms with Gasteiger partial charge in [-0.15, -0.1) is 0 Å². The largest absolute Gasteiger partial charge is 0.176 e. The number of halogens is 1. The molecule has 0 N–H and O–H groups in total. The van der Waals surface area contributed by atoms with Crippen molar-refractivity contribution in [3.8, 4) is 0 Å². The van der Waals surface area contributed by atoms with Crippen LogP contribution in [0.15, 0.2) is 48.6 Å². The zero-order valence-corrected chi connectivity index (χ0v) is 10.3. The van der Waals surface area contributed by atoms with Crippen LogP contribution in [0, 0.1) is 0 Å². The van der Waals surface area contributed by atoms with Gasteiger partial charge in [-0.05, 0) is 12.8 Å². The second-order valence-corrected chi connectivity index (χ2v) is 4.59. The Labute approximate surface area is 88.2 Å². The fraction of sp³-hybridized carbons (Fsp3) is 0.273. The van der Waals surface area contributed by atoms with Crippen molar-refractivity contribution >= 4 is 19.9 Å². The van der Waals surface area contributed by atoms with Crippen molar-refractivity contribution in [2.75, 3.05) is 0 Å². The molecule has 0 aromatic heterocycles. The Bertz CT molecular complexity index is 160. The number of rotatable bonds is 0. The Morgan fingerprint density at radius 2 is 1.08 bits per heavy atom. The minimum Gasteiger partial charge on any atom is -0.176 e. The molecule has 0 saturated carbocycles. The van der Waals surface area contributed by atoms with Crippen LogP contribution in [0.5, 0.6) is 0 Å². The quantitative estimate of drug-likeness (QED) is 0.427. The van der Waals surface area contributed by atoms with Crippen LogP contribution in [0.4, 0.5) is 0 Å². The summed E-state index contributed by atoms with van der Waals surface area (Å²) in [6.07, 6.45) is 19.0. The van der Waals surface area contributed by atoms with Crippen LogP contribution < -0.4 is 0 Å². The smallest absolute Gasteiger partial charge is 0.122 e. The average molecular weight is 213 g/mol. The van der Waals surface area contributed by atoms with Crippen LogP contribution in [0.3, 0.4) is 0 Å². The van der Waals surface area contributed by atoms with Gasteiger partial charge in [-0.2, -0.15) is 11.1 Å². The molecule has 2 aliphatic carbocycles. The Kier molecular flexibility index (Phi) is 11.0. The zero-order valence-electron chi connectivity index (χ0n) is 8.12. The highest BCUT2D eigenvalue weighted by Gasteiger charge is 1.72. The minimum absolute atomic E-state index is 0.111. The first-order valence-corrected chi connectivity index (χ1v) is 8.16. The topological polar surface area (TPSA) is 0 Å². The van der Waals surface area contributed by atoms with Gasteiger partial charge in [0.15, 0.2) is 0 Å². The van der Waals surface area contributed by atoms with Gasteiger partial charge in [0.05, 0.1) is 0 Å². The highest BCUT2D eigenvalue weighted by Crippen LogP contribution is 1.93. The molecular formula is C11H17ClSi. The molecule has 72 valence electrons. The van der Waals surface area contributed by atoms with Crippen molar-refractivity contribution < 1.29 is 0 Å². The van der Waals surface area contributed by atoms with E-state index in [9.17, 15) is 0 Å². The lowest BCUT2D eigenvalue weighted by atomic mass is 10.5. The summed E-state index contributed by atoms with van der Waals surface area (Å²) in [4.78, 5) is 0. The maximum atomic E-state index is 5.14. The molecule has 0 spiro atoms. The van der Waals surface area contributed by atoms with Gasteiger partial charge >= 0.3 is 0 Å². The molecule has 0 bridgehead atoms. The second kappa shape index (κ2) is 11.5. The van der Waals surface area contributed by atoms with Crippen molar-refractivity contribution in [2.45, 2.75) is 19.4 Å². The summed E-state index contributed by atoms with van der Waals surface area (Å²) in [5.41, 5.74) is 0. The minimum atomic E-state index is -0.111. The zero-order chi connectivity index (χ0) is 9.78. The Morgan fingerprint density at radius 1 is 0.846 bits per heavy atom. The van der Waals surface area contributed by atoms with E-state index in [4.69, 9.17) is 11.1 Å². The first kappa shape index (κ1) is 12.5. The predicted octanol–water partition coefficient (Wildman–Crippen LogP) is 3.36. The maximum absolute atomic E-state index is 5.14. The Morgan fingerprint density at radius 3 is 1.15 bits per heavy atom. The molecule has 0 unspecified atom stereocenters. The molecule has 0 aromatic carbocycles. The van der Waals surface area contributed by atoms with Crippen molar-refractivity contribution in [3.05, 3.63) is 48.6 Å². The summed E-state index contributed by atoms with van der Waals surface area (Å²) in [6, 6.07) is 0. The molecule has 13 heavy (non-hydrogen) atoms. The third kappa shape index (κ3) is 11.5. The van der Waals surface area contributed by atoms with Gasteiger partial charge in [-0.1, -0.05) is 55.2 Å². The highest BCUT2D eigenvalue weighted by atomic mass is 35.6. The molecule has 0 heterocycles. The monoisotopic (exact) mass is 212 g/mol. The van der Waals surface area contributed by atoms with E-state index in [0.717, 1.165) is 12.8 Å². The maximum Gasteiger partial charge on any atom is 0.122 e. The molecule has 0 nitrogen and oxygen atoms in total. The molecule has 0 saturated heterocycles. The van der Waals surface area contributed by atoms with Gasteiger partial charge < -0.3 is 0 Å². The molecule has 0 radical (unpaired) electrons. The van der Waals surface area contributed by atoms with Crippen LogP contribution in [0.25, 0.3) is 0 Å². The number of hydrogen-bond acceptors (Lipinski definition) is 0. The van der Waals surface area contributed by atoms with Gasteiger partial charge in [0, 0.05) is 0 Å². The lowest BCUT2D eigenvalue weighted by Gasteiger charge is -1.57. The molecule has 0 fully saturated rings. The summed E-state index contributed by atoms with van der Waals surface area (Å²) >= 11 is 5.14. The van der Waals surface area contributed by atoms with Gasteiger partial charge in [0.25, 0.3) is 0 Å². The van der Waals surface area contributed by atoms with Gasteiger partial charge in [0.1, 0.15) is 8.83 Å². The third-order valence-electron chi connectivity index (χ3n) is 1.31. The molecule has 0 atom stereocenters. The van der Waals surface area contributed by atoms with E-state index >= 15 is 0 Å². The number of hydrogen-bond donors (Lipinski definition) is 0. The number of allylic oxidation sites excluding steroid dienone is 8. The summed E-state index contributed by atoms with van der Waals surface area (Å²) in [5.74, 6) is 0. The SMILES string of the molecule is C1=CCC=C1.C1=CCC=C1.C[SiH2]Cl. The highest BCUT2D eigenvalue weighted by molar-refractivity contribution is 6.92. The molecule has 0 aromatic rings. The van der Waals surface area contributed by atoms with Gasteiger partial charge in [-0.25, -0.2) is 0 Å². The summed E-state index contributed by atoms with van der Waals surface area (Å²) < 4.78 is 0. The fourth-order valence-electron chi connectivity index (χ4n) is 0.786. The molecule has 2 rings (SSSR count).